The standard InChI is InChI=1S/C27H50O4/c1-22(2)18-14-11-9-7-5-6-8-10-12-15-19-24(23(3)4)31-26(30)27(25(28)29)20-16-13-17-21-27/h22-24H,5-21H2,1-4H3,(H,28,29). The molecule has 1 rings (SSSR count). The minimum absolute atomic E-state index is 0.170. The van der Waals surface area contributed by atoms with Crippen molar-refractivity contribution in [1.82, 2.24) is 0 Å². The summed E-state index contributed by atoms with van der Waals surface area (Å²) in [6.07, 6.45) is 18.4. The summed E-state index contributed by atoms with van der Waals surface area (Å²) in [5, 5.41) is 9.71. The fourth-order valence-electron chi connectivity index (χ4n) is 4.75. The van der Waals surface area contributed by atoms with E-state index in [-0.39, 0.29) is 12.0 Å². The Labute approximate surface area is 191 Å². The summed E-state index contributed by atoms with van der Waals surface area (Å²) in [5.74, 6) is -0.440. The molecule has 1 unspecified atom stereocenters. The van der Waals surface area contributed by atoms with Crippen LogP contribution in [0.2, 0.25) is 0 Å². The second-order valence-corrected chi connectivity index (χ2v) is 10.6. The number of carbonyl (C=O) groups excluding carboxylic acids is 1. The van der Waals surface area contributed by atoms with Crippen molar-refractivity contribution in [3.8, 4) is 0 Å². The van der Waals surface area contributed by atoms with E-state index in [1.807, 2.05) is 0 Å². The summed E-state index contributed by atoms with van der Waals surface area (Å²) >= 11 is 0. The molecule has 0 aromatic heterocycles. The van der Waals surface area contributed by atoms with Gasteiger partial charge in [0.15, 0.2) is 5.41 Å². The van der Waals surface area contributed by atoms with Crippen LogP contribution in [0, 0.1) is 17.3 Å². The highest BCUT2D eigenvalue weighted by atomic mass is 16.5. The molecule has 182 valence electrons. The summed E-state index contributed by atoms with van der Waals surface area (Å²) in [7, 11) is 0. The van der Waals surface area contributed by atoms with E-state index in [1.54, 1.807) is 0 Å². The van der Waals surface area contributed by atoms with E-state index in [1.165, 1.54) is 64.2 Å². The Bertz CT molecular complexity index is 491. The predicted octanol–water partition coefficient (Wildman–Crippen LogP) is 7.93. The molecule has 4 heteroatoms. The van der Waals surface area contributed by atoms with E-state index in [4.69, 9.17) is 4.74 Å². The van der Waals surface area contributed by atoms with Crippen LogP contribution in [-0.2, 0) is 14.3 Å². The molecule has 0 spiro atoms. The van der Waals surface area contributed by atoms with Gasteiger partial charge in [-0.2, -0.15) is 0 Å². The number of unbranched alkanes of at least 4 members (excludes halogenated alkanes) is 9. The number of rotatable bonds is 17. The number of carbonyl (C=O) groups is 2. The van der Waals surface area contributed by atoms with Gasteiger partial charge in [-0.25, -0.2) is 0 Å². The first-order valence-electron chi connectivity index (χ1n) is 13.2. The van der Waals surface area contributed by atoms with E-state index >= 15 is 0 Å². The van der Waals surface area contributed by atoms with Gasteiger partial charge in [-0.15, -0.1) is 0 Å². The maximum Gasteiger partial charge on any atom is 0.323 e. The molecule has 0 heterocycles. The summed E-state index contributed by atoms with van der Waals surface area (Å²) in [4.78, 5) is 24.7. The molecule has 0 bridgehead atoms. The van der Waals surface area contributed by atoms with Crippen LogP contribution in [0.25, 0.3) is 0 Å². The minimum Gasteiger partial charge on any atom is -0.480 e. The molecule has 1 fully saturated rings. The van der Waals surface area contributed by atoms with E-state index in [2.05, 4.69) is 27.7 Å². The Balaban J connectivity index is 2.19. The topological polar surface area (TPSA) is 63.6 Å². The molecule has 0 radical (unpaired) electrons. The Morgan fingerprint density at radius 2 is 1.19 bits per heavy atom. The van der Waals surface area contributed by atoms with E-state index < -0.39 is 17.4 Å². The van der Waals surface area contributed by atoms with Crippen LogP contribution in [0.3, 0.4) is 0 Å². The molecule has 1 atom stereocenters. The van der Waals surface area contributed by atoms with Crippen molar-refractivity contribution < 1.29 is 19.4 Å². The van der Waals surface area contributed by atoms with Crippen molar-refractivity contribution in [3.05, 3.63) is 0 Å². The normalized spacial score (nSPS) is 17.1. The minimum atomic E-state index is -1.31. The van der Waals surface area contributed by atoms with Crippen LogP contribution < -0.4 is 0 Å². The number of hydrogen-bond donors (Lipinski definition) is 1. The third kappa shape index (κ3) is 10.9. The monoisotopic (exact) mass is 438 g/mol. The summed E-state index contributed by atoms with van der Waals surface area (Å²) < 4.78 is 5.80. The second kappa shape index (κ2) is 15.7. The lowest BCUT2D eigenvalue weighted by molar-refractivity contribution is -0.177. The van der Waals surface area contributed by atoms with Crippen molar-refractivity contribution in [1.29, 1.82) is 0 Å². The number of carboxylic acids is 1. The summed E-state index contributed by atoms with van der Waals surface area (Å²) in [5.41, 5.74) is -1.31. The lowest BCUT2D eigenvalue weighted by Crippen LogP contribution is -2.44. The predicted molar refractivity (Wildman–Crippen MR) is 128 cm³/mol. The van der Waals surface area contributed by atoms with Gasteiger partial charge in [-0.05, 0) is 37.5 Å². The molecule has 31 heavy (non-hydrogen) atoms. The van der Waals surface area contributed by atoms with Crippen molar-refractivity contribution in [2.24, 2.45) is 17.3 Å². The molecule has 4 nitrogen and oxygen atoms in total. The van der Waals surface area contributed by atoms with Gasteiger partial charge < -0.3 is 9.84 Å². The number of hydrogen-bond acceptors (Lipinski definition) is 3. The molecule has 0 amide bonds. The first-order chi connectivity index (χ1) is 14.8. The van der Waals surface area contributed by atoms with Crippen molar-refractivity contribution in [2.75, 3.05) is 0 Å². The molecular formula is C27H50O4. The van der Waals surface area contributed by atoms with Crippen LogP contribution in [0.15, 0.2) is 0 Å². The van der Waals surface area contributed by atoms with E-state index in [0.29, 0.717) is 12.8 Å². The molecule has 0 aliphatic heterocycles. The summed E-state index contributed by atoms with van der Waals surface area (Å²) in [6, 6.07) is 0. The van der Waals surface area contributed by atoms with Gasteiger partial charge in [-0.1, -0.05) is 111 Å². The lowest BCUT2D eigenvalue weighted by atomic mass is 9.74. The largest absolute Gasteiger partial charge is 0.480 e. The zero-order chi connectivity index (χ0) is 23.1. The SMILES string of the molecule is CC(C)CCCCCCCCCCCCC(OC(=O)C1(C(=O)O)CCCCC1)C(C)C. The molecule has 1 saturated carbocycles. The number of ether oxygens (including phenoxy) is 1. The zero-order valence-electron chi connectivity index (χ0n) is 20.9. The summed E-state index contributed by atoms with van der Waals surface area (Å²) in [6.45, 7) is 8.73. The number of carboxylic acid groups (broad SMARTS) is 1. The van der Waals surface area contributed by atoms with Crippen molar-refractivity contribution in [2.45, 2.75) is 143 Å². The van der Waals surface area contributed by atoms with Gasteiger partial charge in [0.25, 0.3) is 0 Å². The molecule has 1 aliphatic carbocycles. The maximum absolute atomic E-state index is 12.8. The van der Waals surface area contributed by atoms with Crippen LogP contribution in [0.1, 0.15) is 137 Å². The molecule has 1 aliphatic rings. The average molecular weight is 439 g/mol. The number of esters is 1. The Morgan fingerprint density at radius 1 is 0.742 bits per heavy atom. The Kier molecular flexibility index (Phi) is 14.2. The van der Waals surface area contributed by atoms with Crippen LogP contribution in [-0.4, -0.2) is 23.1 Å². The van der Waals surface area contributed by atoms with Crippen LogP contribution in [0.5, 0.6) is 0 Å². The molecule has 0 aromatic rings. The highest BCUT2D eigenvalue weighted by Crippen LogP contribution is 2.38. The van der Waals surface area contributed by atoms with Gasteiger partial charge in [0.1, 0.15) is 6.10 Å². The zero-order valence-corrected chi connectivity index (χ0v) is 20.9. The maximum atomic E-state index is 12.8. The average Bonchev–Trinajstić information content (AvgIpc) is 2.73. The molecule has 0 saturated heterocycles. The first-order valence-corrected chi connectivity index (χ1v) is 13.2. The first kappa shape index (κ1) is 28.0. The Hall–Kier alpha value is -1.06. The molecule has 1 N–H and O–H groups in total. The van der Waals surface area contributed by atoms with E-state index in [0.717, 1.165) is 38.0 Å². The van der Waals surface area contributed by atoms with Gasteiger partial charge in [0.2, 0.25) is 0 Å². The van der Waals surface area contributed by atoms with E-state index in [9.17, 15) is 14.7 Å². The third-order valence-electron chi connectivity index (χ3n) is 7.03. The highest BCUT2D eigenvalue weighted by molar-refractivity contribution is 5.99. The fourth-order valence-corrected chi connectivity index (χ4v) is 4.75. The van der Waals surface area contributed by atoms with Crippen LogP contribution in [0.4, 0.5) is 0 Å². The molecule has 0 aromatic carbocycles. The smallest absolute Gasteiger partial charge is 0.323 e. The van der Waals surface area contributed by atoms with Crippen LogP contribution >= 0.6 is 0 Å². The quantitative estimate of drug-likeness (QED) is 0.142. The highest BCUT2D eigenvalue weighted by Gasteiger charge is 2.49. The molecular weight excluding hydrogens is 388 g/mol. The van der Waals surface area contributed by atoms with Gasteiger partial charge in [-0.3, -0.25) is 9.59 Å². The lowest BCUT2D eigenvalue weighted by Gasteiger charge is -2.33. The van der Waals surface area contributed by atoms with Crippen molar-refractivity contribution in [3.63, 3.8) is 0 Å². The Morgan fingerprint density at radius 3 is 1.61 bits per heavy atom. The number of aliphatic carboxylic acids is 1. The van der Waals surface area contributed by atoms with Gasteiger partial charge >= 0.3 is 11.9 Å². The fraction of sp³-hybridized carbons (Fsp3) is 0.926. The third-order valence-corrected chi connectivity index (χ3v) is 7.03. The van der Waals surface area contributed by atoms with Gasteiger partial charge in [0.05, 0.1) is 0 Å². The van der Waals surface area contributed by atoms with Gasteiger partial charge in [0, 0.05) is 0 Å². The van der Waals surface area contributed by atoms with Crippen molar-refractivity contribution >= 4 is 11.9 Å². The second-order valence-electron chi connectivity index (χ2n) is 10.6.